The number of fused-ring (bicyclic) bond motifs is 3. The maximum Gasteiger partial charge on any atom is 0.339 e. The summed E-state index contributed by atoms with van der Waals surface area (Å²) in [6.45, 7) is 8.00. The number of hydrogen-bond acceptors (Lipinski definition) is 9. The summed E-state index contributed by atoms with van der Waals surface area (Å²) in [4.78, 5) is 29.7. The molecule has 1 aliphatic carbocycles. The minimum absolute atomic E-state index is 0.00370. The van der Waals surface area contributed by atoms with E-state index in [9.17, 15) is 9.59 Å². The zero-order chi connectivity index (χ0) is 27.4. The first-order valence-corrected chi connectivity index (χ1v) is 15.2. The highest BCUT2D eigenvalue weighted by molar-refractivity contribution is 8.13. The summed E-state index contributed by atoms with van der Waals surface area (Å²) in [5.41, 5.74) is 0.141. The topological polar surface area (TPSA) is 83.5 Å². The van der Waals surface area contributed by atoms with E-state index in [4.69, 9.17) is 23.7 Å². The van der Waals surface area contributed by atoms with E-state index in [2.05, 4.69) is 23.1 Å². The highest BCUT2D eigenvalue weighted by atomic mass is 32.2. The molecule has 5 aliphatic rings. The molecule has 39 heavy (non-hydrogen) atoms. The Labute approximate surface area is 234 Å². The largest absolute Gasteiger partial charge is 0.497 e. The van der Waals surface area contributed by atoms with Gasteiger partial charge in [0.15, 0.2) is 28.3 Å². The van der Waals surface area contributed by atoms with Crippen molar-refractivity contribution in [3.63, 3.8) is 0 Å². The van der Waals surface area contributed by atoms with Crippen molar-refractivity contribution in [2.24, 2.45) is 0 Å². The Morgan fingerprint density at radius 3 is 2.64 bits per heavy atom. The zero-order valence-corrected chi connectivity index (χ0v) is 24.2. The number of methoxy groups -OCH3 is 1. The monoisotopic (exact) mass is 557 g/mol. The number of thioether (sulfide) groups is 1. The van der Waals surface area contributed by atoms with Crippen LogP contribution >= 0.6 is 11.8 Å². The van der Waals surface area contributed by atoms with Crippen molar-refractivity contribution in [2.45, 2.75) is 94.5 Å². The van der Waals surface area contributed by atoms with E-state index < -0.39 is 23.3 Å². The molecule has 9 heteroatoms. The van der Waals surface area contributed by atoms with E-state index in [1.54, 1.807) is 7.11 Å². The van der Waals surface area contributed by atoms with Gasteiger partial charge in [-0.25, -0.2) is 4.79 Å². The van der Waals surface area contributed by atoms with Crippen molar-refractivity contribution in [1.82, 2.24) is 4.90 Å². The first-order chi connectivity index (χ1) is 18.7. The van der Waals surface area contributed by atoms with Crippen molar-refractivity contribution >= 4 is 22.8 Å². The summed E-state index contributed by atoms with van der Waals surface area (Å²) in [5, 5.41) is -0.0490. The van der Waals surface area contributed by atoms with Crippen LogP contribution in [0.4, 0.5) is 0 Å². The number of benzene rings is 1. The first-order valence-electron chi connectivity index (χ1n) is 14.2. The third kappa shape index (κ3) is 4.54. The van der Waals surface area contributed by atoms with E-state index in [1.165, 1.54) is 17.3 Å². The molecular weight excluding hydrogens is 518 g/mol. The molecule has 1 aromatic rings. The van der Waals surface area contributed by atoms with E-state index in [0.717, 1.165) is 62.3 Å². The molecule has 0 radical (unpaired) electrons. The summed E-state index contributed by atoms with van der Waals surface area (Å²) >= 11 is 1.23. The molecule has 1 spiro atoms. The lowest BCUT2D eigenvalue weighted by Crippen LogP contribution is -2.54. The van der Waals surface area contributed by atoms with Crippen molar-refractivity contribution in [3.05, 3.63) is 35.1 Å². The van der Waals surface area contributed by atoms with E-state index in [1.807, 2.05) is 20.8 Å². The third-order valence-electron chi connectivity index (χ3n) is 9.14. The molecule has 4 heterocycles. The van der Waals surface area contributed by atoms with Crippen LogP contribution in [-0.4, -0.2) is 71.6 Å². The standard InChI is InChI=1S/C30H39NO7S/c1-5-39-24(32)17-30(11-6-9-28(2,3)38-30)27(33)37-26-23(34-4)16-29-10-7-12-31(29)13-8-19-14-21-22(36-18-35-21)15-20(19)25(26)29/h14-16,25-26H,5-13,17-18H2,1-4H3/t25-,26?,29?,30?/m1/s1. The number of nitrogens with zero attached hydrogens (tertiary/aromatic N) is 1. The Balaban J connectivity index is 1.40. The van der Waals surface area contributed by atoms with Gasteiger partial charge in [0, 0.05) is 6.54 Å². The molecule has 0 aromatic heterocycles. The van der Waals surface area contributed by atoms with Gasteiger partial charge in [0.25, 0.3) is 0 Å². The fraction of sp³-hybridized carbons (Fsp3) is 0.667. The lowest BCUT2D eigenvalue weighted by atomic mass is 9.77. The summed E-state index contributed by atoms with van der Waals surface area (Å²) < 4.78 is 30.4. The predicted molar refractivity (Wildman–Crippen MR) is 147 cm³/mol. The molecule has 0 amide bonds. The molecule has 3 unspecified atom stereocenters. The minimum atomic E-state index is -1.31. The van der Waals surface area contributed by atoms with Crippen LogP contribution in [-0.2, 0) is 30.2 Å². The normalized spacial score (nSPS) is 32.5. The Kier molecular flexibility index (Phi) is 6.91. The van der Waals surface area contributed by atoms with Crippen LogP contribution < -0.4 is 9.47 Å². The van der Waals surface area contributed by atoms with Crippen molar-refractivity contribution < 1.29 is 33.3 Å². The fourth-order valence-corrected chi connectivity index (χ4v) is 8.19. The van der Waals surface area contributed by atoms with Crippen molar-refractivity contribution in [3.8, 4) is 11.5 Å². The zero-order valence-electron chi connectivity index (χ0n) is 23.4. The Morgan fingerprint density at radius 2 is 1.90 bits per heavy atom. The average Bonchev–Trinajstić information content (AvgIpc) is 3.57. The highest BCUT2D eigenvalue weighted by Gasteiger charge is 2.59. The molecule has 212 valence electrons. The molecule has 0 N–H and O–H groups in total. The molecule has 4 aliphatic heterocycles. The van der Waals surface area contributed by atoms with Crippen LogP contribution in [0.25, 0.3) is 0 Å². The van der Waals surface area contributed by atoms with Gasteiger partial charge in [-0.15, -0.1) is 0 Å². The Hall–Kier alpha value is -2.23. The molecule has 2 saturated heterocycles. The Bertz CT molecular complexity index is 1200. The van der Waals surface area contributed by atoms with Crippen LogP contribution in [0.1, 0.15) is 76.3 Å². The highest BCUT2D eigenvalue weighted by Crippen LogP contribution is 2.56. The minimum Gasteiger partial charge on any atom is -0.497 e. The van der Waals surface area contributed by atoms with Gasteiger partial charge in [-0.2, -0.15) is 0 Å². The molecule has 4 atom stereocenters. The third-order valence-corrected chi connectivity index (χ3v) is 9.89. The molecular formula is C30H39NO7S. The van der Waals surface area contributed by atoms with Gasteiger partial charge in [0.05, 0.1) is 30.6 Å². The molecule has 1 aromatic carbocycles. The second-order valence-corrected chi connectivity index (χ2v) is 13.3. The first kappa shape index (κ1) is 27.0. The lowest BCUT2D eigenvalue weighted by molar-refractivity contribution is -0.213. The van der Waals surface area contributed by atoms with Gasteiger partial charge < -0.3 is 23.7 Å². The molecule has 0 bridgehead atoms. The van der Waals surface area contributed by atoms with Crippen LogP contribution in [0.3, 0.4) is 0 Å². The van der Waals surface area contributed by atoms with Gasteiger partial charge in [-0.05, 0) is 94.0 Å². The van der Waals surface area contributed by atoms with E-state index >= 15 is 0 Å². The average molecular weight is 558 g/mol. The van der Waals surface area contributed by atoms with E-state index in [-0.39, 0.29) is 29.8 Å². The van der Waals surface area contributed by atoms with Crippen LogP contribution in [0.2, 0.25) is 0 Å². The van der Waals surface area contributed by atoms with Gasteiger partial charge in [0.2, 0.25) is 6.79 Å². The Morgan fingerprint density at radius 1 is 1.10 bits per heavy atom. The fourth-order valence-electron chi connectivity index (χ4n) is 7.53. The summed E-state index contributed by atoms with van der Waals surface area (Å²) in [6.07, 6.45) is 6.53. The molecule has 0 saturated carbocycles. The van der Waals surface area contributed by atoms with Crippen LogP contribution in [0.15, 0.2) is 24.0 Å². The molecule has 8 nitrogen and oxygen atoms in total. The number of carbonyl (C=O) groups is 2. The van der Waals surface area contributed by atoms with E-state index in [0.29, 0.717) is 17.9 Å². The number of esters is 1. The maximum absolute atomic E-state index is 14.3. The molecule has 2 fully saturated rings. The second kappa shape index (κ2) is 10.00. The summed E-state index contributed by atoms with van der Waals surface area (Å²) in [5.74, 6) is 2.16. The van der Waals surface area contributed by atoms with Crippen LogP contribution in [0, 0.1) is 0 Å². The second-order valence-electron chi connectivity index (χ2n) is 12.0. The van der Waals surface area contributed by atoms with Gasteiger partial charge >= 0.3 is 5.97 Å². The summed E-state index contributed by atoms with van der Waals surface area (Å²) in [6, 6.07) is 4.17. The lowest BCUT2D eigenvalue weighted by Gasteiger charge is -2.44. The van der Waals surface area contributed by atoms with Crippen molar-refractivity contribution in [2.75, 3.05) is 32.7 Å². The predicted octanol–water partition coefficient (Wildman–Crippen LogP) is 4.73. The van der Waals surface area contributed by atoms with Crippen LogP contribution in [0.5, 0.6) is 11.5 Å². The summed E-state index contributed by atoms with van der Waals surface area (Å²) in [7, 11) is 1.64. The number of carbonyl (C=O) groups excluding carboxylic acids is 2. The van der Waals surface area contributed by atoms with Gasteiger partial charge in [0.1, 0.15) is 5.76 Å². The number of ether oxygens (including phenoxy) is 5. The number of rotatable bonds is 6. The van der Waals surface area contributed by atoms with Gasteiger partial charge in [-0.3, -0.25) is 9.69 Å². The maximum atomic E-state index is 14.3. The number of hydrogen-bond donors (Lipinski definition) is 0. The smallest absolute Gasteiger partial charge is 0.339 e. The molecule has 6 rings (SSSR count). The quantitative estimate of drug-likeness (QED) is 0.461. The van der Waals surface area contributed by atoms with Crippen molar-refractivity contribution in [1.29, 1.82) is 0 Å². The SMILES string of the molecule is CCSC(=O)CC1(C(=O)OC2C(OC)=CC34CCCN3CCc3cc5c(cc3[C@H]24)OCO5)CCCC(C)(C)O1. The van der Waals surface area contributed by atoms with Gasteiger partial charge in [-0.1, -0.05) is 18.7 Å².